The van der Waals surface area contributed by atoms with Gasteiger partial charge in [-0.2, -0.15) is 13.2 Å². The van der Waals surface area contributed by atoms with E-state index in [4.69, 9.17) is 0 Å². The Bertz CT molecular complexity index is 194. The first-order valence-corrected chi connectivity index (χ1v) is 4.86. The smallest absolute Gasteiger partial charge is 0.353 e. The number of amides is 1. The van der Waals surface area contributed by atoms with Crippen LogP contribution in [0.15, 0.2) is 0 Å². The third-order valence-electron chi connectivity index (χ3n) is 1.78. The van der Waals surface area contributed by atoms with Gasteiger partial charge in [-0.15, -0.1) is 0 Å². The molecule has 0 aromatic heterocycles. The van der Waals surface area contributed by atoms with E-state index in [1.54, 1.807) is 7.05 Å². The van der Waals surface area contributed by atoms with Crippen LogP contribution in [-0.4, -0.2) is 31.7 Å². The van der Waals surface area contributed by atoms with Gasteiger partial charge in [-0.25, -0.2) is 0 Å². The topological polar surface area (TPSA) is 41.1 Å². The van der Waals surface area contributed by atoms with Gasteiger partial charge in [0.2, 0.25) is 5.91 Å². The summed E-state index contributed by atoms with van der Waals surface area (Å²) in [4.78, 5) is 11.1. The molecule has 6 heteroatoms. The second-order valence-corrected chi connectivity index (χ2v) is 3.49. The molecule has 0 aliphatic rings. The molecule has 0 spiro atoms. The average Bonchev–Trinajstić information content (AvgIpc) is 2.00. The molecule has 0 bridgehead atoms. The van der Waals surface area contributed by atoms with Crippen LogP contribution in [0, 0.1) is 0 Å². The highest BCUT2D eigenvalue weighted by Gasteiger charge is 2.30. The zero-order valence-electron chi connectivity index (χ0n) is 8.95. The van der Waals surface area contributed by atoms with Crippen molar-refractivity contribution < 1.29 is 18.0 Å². The molecule has 1 unspecified atom stereocenters. The molecule has 3 nitrogen and oxygen atoms in total. The van der Waals surface area contributed by atoms with Crippen LogP contribution < -0.4 is 10.6 Å². The lowest BCUT2D eigenvalue weighted by atomic mass is 10.2. The first-order valence-electron chi connectivity index (χ1n) is 4.86. The fourth-order valence-corrected chi connectivity index (χ4v) is 1.17. The van der Waals surface area contributed by atoms with Crippen LogP contribution >= 0.6 is 0 Å². The van der Waals surface area contributed by atoms with Crippen molar-refractivity contribution >= 4 is 5.91 Å². The maximum Gasteiger partial charge on any atom is 0.391 e. The van der Waals surface area contributed by atoms with Gasteiger partial charge in [0.25, 0.3) is 0 Å². The van der Waals surface area contributed by atoms with Crippen LogP contribution in [-0.2, 0) is 4.79 Å². The molecule has 90 valence electrons. The molecule has 0 aromatic rings. The minimum atomic E-state index is -4.22. The number of carbonyl (C=O) groups excluding carboxylic acids is 1. The SMILES string of the molecule is CNCCCC(=O)NC(C)CC(F)(F)F. The second-order valence-electron chi connectivity index (χ2n) is 3.49. The van der Waals surface area contributed by atoms with Crippen molar-refractivity contribution in [1.29, 1.82) is 0 Å². The van der Waals surface area contributed by atoms with Crippen molar-refractivity contribution in [3.8, 4) is 0 Å². The fraction of sp³-hybridized carbons (Fsp3) is 0.889. The molecule has 0 aliphatic carbocycles. The zero-order chi connectivity index (χ0) is 11.9. The zero-order valence-corrected chi connectivity index (χ0v) is 8.95. The summed E-state index contributed by atoms with van der Waals surface area (Å²) in [6.07, 6.45) is -4.33. The van der Waals surface area contributed by atoms with E-state index in [1.807, 2.05) is 0 Å². The molecule has 0 radical (unpaired) electrons. The van der Waals surface area contributed by atoms with E-state index in [-0.39, 0.29) is 12.3 Å². The van der Waals surface area contributed by atoms with Crippen LogP contribution in [0.5, 0.6) is 0 Å². The van der Waals surface area contributed by atoms with Crippen molar-refractivity contribution in [2.24, 2.45) is 0 Å². The average molecular weight is 226 g/mol. The van der Waals surface area contributed by atoms with E-state index in [1.165, 1.54) is 6.92 Å². The number of hydrogen-bond donors (Lipinski definition) is 2. The predicted octanol–water partition coefficient (Wildman–Crippen LogP) is 1.44. The van der Waals surface area contributed by atoms with Crippen LogP contribution in [0.1, 0.15) is 26.2 Å². The monoisotopic (exact) mass is 226 g/mol. The Morgan fingerprint density at radius 3 is 2.47 bits per heavy atom. The lowest BCUT2D eigenvalue weighted by Crippen LogP contribution is -2.36. The fourth-order valence-electron chi connectivity index (χ4n) is 1.17. The Labute approximate surface area is 87.4 Å². The number of rotatable bonds is 6. The van der Waals surface area contributed by atoms with Gasteiger partial charge in [0.05, 0.1) is 6.42 Å². The van der Waals surface area contributed by atoms with Gasteiger partial charge in [0.15, 0.2) is 0 Å². The molecule has 1 amide bonds. The molecule has 15 heavy (non-hydrogen) atoms. The van der Waals surface area contributed by atoms with Crippen molar-refractivity contribution in [2.75, 3.05) is 13.6 Å². The highest BCUT2D eigenvalue weighted by atomic mass is 19.4. The van der Waals surface area contributed by atoms with Crippen molar-refractivity contribution in [2.45, 2.75) is 38.4 Å². The van der Waals surface area contributed by atoms with E-state index < -0.39 is 18.6 Å². The lowest BCUT2D eigenvalue weighted by molar-refractivity contribution is -0.141. The summed E-state index contributed by atoms with van der Waals surface area (Å²) in [7, 11) is 1.75. The Balaban J connectivity index is 3.67. The molecule has 0 saturated carbocycles. The minimum absolute atomic E-state index is 0.253. The summed E-state index contributed by atoms with van der Waals surface area (Å²) < 4.78 is 35.7. The summed E-state index contributed by atoms with van der Waals surface area (Å²) in [5, 5.41) is 5.16. The highest BCUT2D eigenvalue weighted by Crippen LogP contribution is 2.21. The molecule has 0 aliphatic heterocycles. The normalized spacial score (nSPS) is 13.7. The van der Waals surface area contributed by atoms with Crippen LogP contribution in [0.25, 0.3) is 0 Å². The van der Waals surface area contributed by atoms with Gasteiger partial charge in [-0.1, -0.05) is 0 Å². The third kappa shape index (κ3) is 9.52. The van der Waals surface area contributed by atoms with E-state index in [2.05, 4.69) is 10.6 Å². The molecular formula is C9H17F3N2O. The van der Waals surface area contributed by atoms with Gasteiger partial charge < -0.3 is 10.6 Å². The lowest BCUT2D eigenvalue weighted by Gasteiger charge is -2.15. The van der Waals surface area contributed by atoms with Crippen LogP contribution in [0.3, 0.4) is 0 Å². The minimum Gasteiger partial charge on any atom is -0.353 e. The Morgan fingerprint density at radius 1 is 1.40 bits per heavy atom. The molecule has 0 fully saturated rings. The molecule has 1 atom stereocenters. The first kappa shape index (κ1) is 14.2. The summed E-state index contributed by atoms with van der Waals surface area (Å²) in [6, 6.07) is -0.855. The van der Waals surface area contributed by atoms with Gasteiger partial charge in [-0.3, -0.25) is 4.79 Å². The molecule has 0 heterocycles. The van der Waals surface area contributed by atoms with E-state index in [0.29, 0.717) is 13.0 Å². The van der Waals surface area contributed by atoms with E-state index >= 15 is 0 Å². The van der Waals surface area contributed by atoms with Crippen LogP contribution in [0.4, 0.5) is 13.2 Å². The van der Waals surface area contributed by atoms with Gasteiger partial charge in [-0.05, 0) is 26.9 Å². The summed E-state index contributed by atoms with van der Waals surface area (Å²) in [5.74, 6) is -0.331. The number of carbonyl (C=O) groups is 1. The maximum atomic E-state index is 11.9. The molecule has 0 rings (SSSR count). The van der Waals surface area contributed by atoms with E-state index in [9.17, 15) is 18.0 Å². The summed E-state index contributed by atoms with van der Waals surface area (Å²) in [5.41, 5.74) is 0. The number of hydrogen-bond acceptors (Lipinski definition) is 2. The van der Waals surface area contributed by atoms with Gasteiger partial charge >= 0.3 is 6.18 Å². The predicted molar refractivity (Wildman–Crippen MR) is 51.4 cm³/mol. The molecule has 0 saturated heterocycles. The Kier molecular flexibility index (Phi) is 6.31. The van der Waals surface area contributed by atoms with Crippen LogP contribution in [0.2, 0.25) is 0 Å². The first-order chi connectivity index (χ1) is 6.85. The Morgan fingerprint density at radius 2 is 2.00 bits per heavy atom. The van der Waals surface area contributed by atoms with Crippen molar-refractivity contribution in [1.82, 2.24) is 10.6 Å². The number of halogens is 3. The Hall–Kier alpha value is -0.780. The van der Waals surface area contributed by atoms with E-state index in [0.717, 1.165) is 0 Å². The highest BCUT2D eigenvalue weighted by molar-refractivity contribution is 5.76. The van der Waals surface area contributed by atoms with Crippen molar-refractivity contribution in [3.05, 3.63) is 0 Å². The summed E-state index contributed by atoms with van der Waals surface area (Å²) >= 11 is 0. The molecule has 2 N–H and O–H groups in total. The molecular weight excluding hydrogens is 209 g/mol. The third-order valence-corrected chi connectivity index (χ3v) is 1.78. The summed E-state index contributed by atoms with van der Waals surface area (Å²) in [6.45, 7) is 2.03. The largest absolute Gasteiger partial charge is 0.391 e. The number of nitrogens with one attached hydrogen (secondary N) is 2. The second kappa shape index (κ2) is 6.66. The maximum absolute atomic E-state index is 11.9. The molecule has 0 aromatic carbocycles. The standard InChI is InChI=1S/C9H17F3N2O/c1-7(6-9(10,11)12)14-8(15)4-3-5-13-2/h7,13H,3-6H2,1-2H3,(H,14,15). The number of alkyl halides is 3. The quantitative estimate of drug-likeness (QED) is 0.673. The van der Waals surface area contributed by atoms with Gasteiger partial charge in [0, 0.05) is 12.5 Å². The van der Waals surface area contributed by atoms with Crippen molar-refractivity contribution in [3.63, 3.8) is 0 Å². The van der Waals surface area contributed by atoms with Gasteiger partial charge in [0.1, 0.15) is 0 Å².